The van der Waals surface area contributed by atoms with Gasteiger partial charge in [0.1, 0.15) is 13.2 Å². The van der Waals surface area contributed by atoms with Crippen molar-refractivity contribution in [3.05, 3.63) is 101 Å². The first kappa shape index (κ1) is 23.2. The number of nitro benzene ring substituents is 1. The van der Waals surface area contributed by atoms with Crippen molar-refractivity contribution in [3.8, 4) is 5.75 Å². The minimum atomic E-state index is -0.470. The predicted molar refractivity (Wildman–Crippen MR) is 123 cm³/mol. The summed E-state index contributed by atoms with van der Waals surface area (Å²) in [5.74, 6) is 0.323. The van der Waals surface area contributed by atoms with Crippen LogP contribution in [0.3, 0.4) is 0 Å². The lowest BCUT2D eigenvalue weighted by atomic mass is 10.2. The van der Waals surface area contributed by atoms with Gasteiger partial charge in [-0.15, -0.1) is 0 Å². The summed E-state index contributed by atoms with van der Waals surface area (Å²) in [5, 5.41) is 16.1. The van der Waals surface area contributed by atoms with Crippen molar-refractivity contribution in [2.45, 2.75) is 13.2 Å². The van der Waals surface area contributed by atoms with Gasteiger partial charge in [-0.25, -0.2) is 0 Å². The molecule has 0 aliphatic carbocycles. The number of hydrogen-bond donors (Lipinski definition) is 0. The number of hydrogen-bond acceptors (Lipinski definition) is 5. The lowest BCUT2D eigenvalue weighted by Crippen LogP contribution is -1.98. The van der Waals surface area contributed by atoms with Gasteiger partial charge in [0.05, 0.1) is 31.2 Å². The fourth-order valence-corrected chi connectivity index (χ4v) is 3.48. The largest absolute Gasteiger partial charge is 0.486 e. The van der Waals surface area contributed by atoms with Crippen molar-refractivity contribution in [2.24, 2.45) is 5.16 Å². The van der Waals surface area contributed by atoms with Gasteiger partial charge in [-0.1, -0.05) is 69.8 Å². The molecule has 0 saturated heterocycles. The Morgan fingerprint density at radius 2 is 1.58 bits per heavy atom. The lowest BCUT2D eigenvalue weighted by molar-refractivity contribution is -0.384. The monoisotopic (exact) mass is 498 g/mol. The smallest absolute Gasteiger partial charge is 0.269 e. The first-order chi connectivity index (χ1) is 14.8. The molecule has 3 aromatic rings. The highest BCUT2D eigenvalue weighted by atomic mass is 35.5. The van der Waals surface area contributed by atoms with Crippen LogP contribution in [0.5, 0.6) is 5.75 Å². The fourth-order valence-electron chi connectivity index (χ4n) is 2.55. The van der Waals surface area contributed by atoms with Crippen LogP contribution in [0.1, 0.15) is 16.7 Å². The Morgan fingerprint density at radius 1 is 0.871 bits per heavy atom. The van der Waals surface area contributed by atoms with E-state index in [-0.39, 0.29) is 18.9 Å². The van der Waals surface area contributed by atoms with Crippen molar-refractivity contribution in [3.63, 3.8) is 0 Å². The molecule has 6 nitrogen and oxygen atoms in total. The van der Waals surface area contributed by atoms with Crippen LogP contribution >= 0.6 is 46.4 Å². The van der Waals surface area contributed by atoms with Crippen LogP contribution in [0.25, 0.3) is 0 Å². The van der Waals surface area contributed by atoms with E-state index in [1.165, 1.54) is 18.3 Å². The van der Waals surface area contributed by atoms with Crippen molar-refractivity contribution in [1.82, 2.24) is 0 Å². The molecule has 0 aliphatic rings. The third-order valence-corrected chi connectivity index (χ3v) is 5.32. The van der Waals surface area contributed by atoms with E-state index in [1.54, 1.807) is 42.5 Å². The second kappa shape index (κ2) is 10.7. The topological polar surface area (TPSA) is 74.0 Å². The SMILES string of the molecule is O=[N+]([O-])c1cccc(CO/N=C\c2cc(Cl)c(OCc3ccc(Cl)c(Cl)c3)c(Cl)c2)c1. The van der Waals surface area contributed by atoms with Crippen LogP contribution in [-0.4, -0.2) is 11.1 Å². The number of rotatable bonds is 8. The number of halogens is 4. The van der Waals surface area contributed by atoms with Gasteiger partial charge < -0.3 is 9.57 Å². The van der Waals surface area contributed by atoms with Crippen LogP contribution in [0, 0.1) is 10.1 Å². The normalized spacial score (nSPS) is 11.0. The van der Waals surface area contributed by atoms with Crippen LogP contribution in [0.15, 0.2) is 59.8 Å². The molecule has 0 saturated carbocycles. The zero-order chi connectivity index (χ0) is 22.4. The Labute approximate surface area is 198 Å². The first-order valence-electron chi connectivity index (χ1n) is 8.78. The van der Waals surface area contributed by atoms with Gasteiger partial charge in [0.15, 0.2) is 5.75 Å². The minimum Gasteiger partial charge on any atom is -0.486 e. The van der Waals surface area contributed by atoms with Gasteiger partial charge in [0, 0.05) is 12.1 Å². The molecule has 0 aromatic heterocycles. The van der Waals surface area contributed by atoms with Crippen molar-refractivity contribution >= 4 is 58.3 Å². The second-order valence-corrected chi connectivity index (χ2v) is 7.91. The molecule has 0 fully saturated rings. The molecule has 0 aliphatic heterocycles. The van der Waals surface area contributed by atoms with Crippen molar-refractivity contribution < 1.29 is 14.5 Å². The molecule has 0 radical (unpaired) electrons. The molecular weight excluding hydrogens is 486 g/mol. The number of oxime groups is 1. The van der Waals surface area contributed by atoms with E-state index in [4.69, 9.17) is 56.0 Å². The second-order valence-electron chi connectivity index (χ2n) is 6.29. The number of nitro groups is 1. The molecule has 10 heteroatoms. The van der Waals surface area contributed by atoms with Crippen molar-refractivity contribution in [1.29, 1.82) is 0 Å². The van der Waals surface area contributed by atoms with Crippen LogP contribution in [0.4, 0.5) is 5.69 Å². The van der Waals surface area contributed by atoms with E-state index in [0.717, 1.165) is 5.56 Å². The van der Waals surface area contributed by atoms with E-state index in [1.807, 2.05) is 0 Å². The minimum absolute atomic E-state index is 0.0138. The standard InChI is InChI=1S/C21H14Cl4N2O4/c22-17-5-4-14(7-18(17)23)11-30-21-19(24)8-15(9-20(21)25)10-26-31-12-13-2-1-3-16(6-13)27(28)29/h1-10H,11-12H2/b26-10-. The van der Waals surface area contributed by atoms with Gasteiger partial charge in [-0.05, 0) is 41.0 Å². The third kappa shape index (κ3) is 6.48. The molecule has 0 unspecified atom stereocenters. The summed E-state index contributed by atoms with van der Waals surface area (Å²) >= 11 is 24.5. The molecular formula is C21H14Cl4N2O4. The maximum absolute atomic E-state index is 10.8. The molecule has 0 amide bonds. The Bertz CT molecular complexity index is 1120. The highest BCUT2D eigenvalue weighted by Crippen LogP contribution is 2.35. The number of non-ortho nitro benzene ring substituents is 1. The zero-order valence-corrected chi connectivity index (χ0v) is 18.8. The summed E-state index contributed by atoms with van der Waals surface area (Å²) in [6.07, 6.45) is 1.43. The fraction of sp³-hybridized carbons (Fsp3) is 0.0952. The third-order valence-electron chi connectivity index (χ3n) is 4.02. The number of nitrogens with zero attached hydrogens (tertiary/aromatic N) is 2. The molecule has 31 heavy (non-hydrogen) atoms. The van der Waals surface area contributed by atoms with E-state index in [9.17, 15) is 10.1 Å². The molecule has 0 N–H and O–H groups in total. The molecule has 0 spiro atoms. The highest BCUT2D eigenvalue weighted by molar-refractivity contribution is 6.42. The van der Waals surface area contributed by atoms with Crippen LogP contribution < -0.4 is 4.74 Å². The summed E-state index contributed by atoms with van der Waals surface area (Å²) in [6, 6.07) is 14.5. The molecule has 3 aromatic carbocycles. The van der Waals surface area contributed by atoms with E-state index >= 15 is 0 Å². The van der Waals surface area contributed by atoms with E-state index < -0.39 is 4.92 Å². The Hall–Kier alpha value is -2.51. The maximum Gasteiger partial charge on any atom is 0.269 e. The molecule has 0 bridgehead atoms. The average molecular weight is 500 g/mol. The molecule has 0 heterocycles. The summed E-state index contributed by atoms with van der Waals surface area (Å²) in [7, 11) is 0. The van der Waals surface area contributed by atoms with Gasteiger partial charge in [-0.3, -0.25) is 10.1 Å². The van der Waals surface area contributed by atoms with Gasteiger partial charge in [0.2, 0.25) is 0 Å². The number of ether oxygens (including phenoxy) is 1. The Morgan fingerprint density at radius 3 is 2.26 bits per heavy atom. The van der Waals surface area contributed by atoms with E-state index in [2.05, 4.69) is 5.16 Å². The first-order valence-corrected chi connectivity index (χ1v) is 10.3. The predicted octanol–water partition coefficient (Wildman–Crippen LogP) is 7.34. The van der Waals surface area contributed by atoms with Gasteiger partial charge in [-0.2, -0.15) is 0 Å². The van der Waals surface area contributed by atoms with Crippen LogP contribution in [0.2, 0.25) is 20.1 Å². The van der Waals surface area contributed by atoms with Gasteiger partial charge in [0.25, 0.3) is 5.69 Å². The highest BCUT2D eigenvalue weighted by Gasteiger charge is 2.11. The van der Waals surface area contributed by atoms with Gasteiger partial charge >= 0.3 is 0 Å². The number of benzene rings is 3. The van der Waals surface area contributed by atoms with Crippen LogP contribution in [-0.2, 0) is 18.1 Å². The Kier molecular flexibility index (Phi) is 7.98. The summed E-state index contributed by atoms with van der Waals surface area (Å²) in [6.45, 7) is 0.278. The maximum atomic E-state index is 10.8. The molecule has 0 atom stereocenters. The summed E-state index contributed by atoms with van der Waals surface area (Å²) < 4.78 is 5.72. The van der Waals surface area contributed by atoms with E-state index in [0.29, 0.717) is 37.0 Å². The molecule has 3 rings (SSSR count). The summed E-state index contributed by atoms with van der Waals surface area (Å²) in [5.41, 5.74) is 2.01. The lowest BCUT2D eigenvalue weighted by Gasteiger charge is -2.11. The average Bonchev–Trinajstić information content (AvgIpc) is 2.73. The zero-order valence-electron chi connectivity index (χ0n) is 15.7. The van der Waals surface area contributed by atoms with Crippen molar-refractivity contribution in [2.75, 3.05) is 0 Å². The summed E-state index contributed by atoms with van der Waals surface area (Å²) in [4.78, 5) is 15.5. The Balaban J connectivity index is 1.61. The quantitative estimate of drug-likeness (QED) is 0.184. The molecule has 160 valence electrons.